The largest absolute Gasteiger partial charge is 0.493 e. The Hall–Kier alpha value is -2.07. The van der Waals surface area contributed by atoms with Crippen LogP contribution in [0.4, 0.5) is 0 Å². The van der Waals surface area contributed by atoms with Gasteiger partial charge in [0, 0.05) is 18.2 Å². The number of ether oxygens (including phenoxy) is 2. The zero-order chi connectivity index (χ0) is 14.8. The molecule has 0 radical (unpaired) electrons. The predicted octanol–water partition coefficient (Wildman–Crippen LogP) is 2.89. The Balaban J connectivity index is 1.86. The normalized spacial score (nSPS) is 14.7. The zero-order valence-corrected chi connectivity index (χ0v) is 12.2. The molecule has 2 heterocycles. The second-order valence-corrected chi connectivity index (χ2v) is 5.49. The Labute approximate surface area is 124 Å². The SMILES string of the molecule is CC(C)Oc1cncc(C(O)c2ccc3c(c2)CCO3)c1. The highest BCUT2D eigenvalue weighted by atomic mass is 16.5. The van der Waals surface area contributed by atoms with Crippen LogP contribution in [-0.2, 0) is 6.42 Å². The number of hydrogen-bond acceptors (Lipinski definition) is 4. The van der Waals surface area contributed by atoms with Crippen LogP contribution in [0.5, 0.6) is 11.5 Å². The van der Waals surface area contributed by atoms with E-state index in [0.29, 0.717) is 12.4 Å². The summed E-state index contributed by atoms with van der Waals surface area (Å²) in [5.41, 5.74) is 2.73. The molecule has 0 aliphatic carbocycles. The van der Waals surface area contributed by atoms with Crippen molar-refractivity contribution in [3.05, 3.63) is 53.3 Å². The fourth-order valence-electron chi connectivity index (χ4n) is 2.49. The van der Waals surface area contributed by atoms with E-state index in [1.165, 1.54) is 0 Å². The topological polar surface area (TPSA) is 51.6 Å². The summed E-state index contributed by atoms with van der Waals surface area (Å²) in [7, 11) is 0. The summed E-state index contributed by atoms with van der Waals surface area (Å²) >= 11 is 0. The lowest BCUT2D eigenvalue weighted by atomic mass is 10.00. The molecule has 1 N–H and O–H groups in total. The fraction of sp³-hybridized carbons (Fsp3) is 0.353. The maximum atomic E-state index is 10.5. The third-order valence-electron chi connectivity index (χ3n) is 3.45. The van der Waals surface area contributed by atoms with Crippen LogP contribution in [0.15, 0.2) is 36.7 Å². The standard InChI is InChI=1S/C17H19NO3/c1-11(2)21-15-8-14(9-18-10-15)17(19)13-3-4-16-12(7-13)5-6-20-16/h3-4,7-11,17,19H,5-6H2,1-2H3. The van der Waals surface area contributed by atoms with Crippen LogP contribution >= 0.6 is 0 Å². The number of aliphatic hydroxyl groups is 1. The number of benzene rings is 1. The molecule has 1 aromatic heterocycles. The molecule has 2 aromatic rings. The van der Waals surface area contributed by atoms with Crippen molar-refractivity contribution in [2.75, 3.05) is 6.61 Å². The van der Waals surface area contributed by atoms with E-state index in [4.69, 9.17) is 9.47 Å². The minimum Gasteiger partial charge on any atom is -0.493 e. The van der Waals surface area contributed by atoms with Gasteiger partial charge in [-0.05, 0) is 43.2 Å². The van der Waals surface area contributed by atoms with Gasteiger partial charge in [-0.2, -0.15) is 0 Å². The van der Waals surface area contributed by atoms with E-state index in [9.17, 15) is 5.11 Å². The third-order valence-corrected chi connectivity index (χ3v) is 3.45. The van der Waals surface area contributed by atoms with Gasteiger partial charge in [0.05, 0.1) is 18.9 Å². The molecule has 1 unspecified atom stereocenters. The summed E-state index contributed by atoms with van der Waals surface area (Å²) in [6.45, 7) is 4.64. The molecule has 0 amide bonds. The van der Waals surface area contributed by atoms with Crippen LogP contribution < -0.4 is 9.47 Å². The molecular formula is C17H19NO3. The smallest absolute Gasteiger partial charge is 0.138 e. The lowest BCUT2D eigenvalue weighted by molar-refractivity contribution is 0.215. The first-order chi connectivity index (χ1) is 10.1. The van der Waals surface area contributed by atoms with Crippen molar-refractivity contribution in [2.24, 2.45) is 0 Å². The molecule has 0 fully saturated rings. The highest BCUT2D eigenvalue weighted by Crippen LogP contribution is 2.31. The molecular weight excluding hydrogens is 266 g/mol. The molecule has 110 valence electrons. The van der Waals surface area contributed by atoms with E-state index in [0.717, 1.165) is 28.9 Å². The van der Waals surface area contributed by atoms with E-state index in [-0.39, 0.29) is 6.10 Å². The van der Waals surface area contributed by atoms with Crippen LogP contribution in [0.3, 0.4) is 0 Å². The monoisotopic (exact) mass is 285 g/mol. The third kappa shape index (κ3) is 3.00. The number of aliphatic hydroxyl groups excluding tert-OH is 1. The predicted molar refractivity (Wildman–Crippen MR) is 79.7 cm³/mol. The van der Waals surface area contributed by atoms with Crippen LogP contribution in [-0.4, -0.2) is 22.8 Å². The van der Waals surface area contributed by atoms with Crippen molar-refractivity contribution >= 4 is 0 Å². The summed E-state index contributed by atoms with van der Waals surface area (Å²) in [6.07, 6.45) is 3.59. The lowest BCUT2D eigenvalue weighted by Gasteiger charge is -2.15. The van der Waals surface area contributed by atoms with Crippen LogP contribution in [0.2, 0.25) is 0 Å². The van der Waals surface area contributed by atoms with Crippen molar-refractivity contribution in [1.82, 2.24) is 4.98 Å². The highest BCUT2D eigenvalue weighted by Gasteiger charge is 2.17. The lowest BCUT2D eigenvalue weighted by Crippen LogP contribution is -2.07. The highest BCUT2D eigenvalue weighted by molar-refractivity contribution is 5.42. The quantitative estimate of drug-likeness (QED) is 0.938. The van der Waals surface area contributed by atoms with Gasteiger partial charge < -0.3 is 14.6 Å². The number of hydrogen-bond donors (Lipinski definition) is 1. The van der Waals surface area contributed by atoms with Gasteiger partial charge in [0.15, 0.2) is 0 Å². The van der Waals surface area contributed by atoms with Gasteiger partial charge in [-0.1, -0.05) is 6.07 Å². The summed E-state index contributed by atoms with van der Waals surface area (Å²) in [4.78, 5) is 4.15. The second-order valence-electron chi connectivity index (χ2n) is 5.49. The van der Waals surface area contributed by atoms with Crippen molar-refractivity contribution in [3.63, 3.8) is 0 Å². The molecule has 1 aliphatic heterocycles. The average Bonchev–Trinajstić information content (AvgIpc) is 2.93. The van der Waals surface area contributed by atoms with Gasteiger partial charge >= 0.3 is 0 Å². The summed E-state index contributed by atoms with van der Waals surface area (Å²) < 4.78 is 11.1. The first kappa shape index (κ1) is 13.9. The van der Waals surface area contributed by atoms with Gasteiger partial charge in [-0.25, -0.2) is 0 Å². The van der Waals surface area contributed by atoms with Gasteiger partial charge in [0.25, 0.3) is 0 Å². The van der Waals surface area contributed by atoms with Crippen molar-refractivity contribution in [3.8, 4) is 11.5 Å². The molecule has 21 heavy (non-hydrogen) atoms. The summed E-state index contributed by atoms with van der Waals surface area (Å²) in [5, 5.41) is 10.5. The molecule has 0 spiro atoms. The van der Waals surface area contributed by atoms with Crippen molar-refractivity contribution < 1.29 is 14.6 Å². The minimum absolute atomic E-state index is 0.0799. The Kier molecular flexibility index (Phi) is 3.80. The minimum atomic E-state index is -0.709. The maximum Gasteiger partial charge on any atom is 0.138 e. The maximum absolute atomic E-state index is 10.5. The molecule has 0 saturated heterocycles. The number of fused-ring (bicyclic) bond motifs is 1. The Bertz CT molecular complexity index is 640. The van der Waals surface area contributed by atoms with Gasteiger partial charge in [-0.3, -0.25) is 4.98 Å². The van der Waals surface area contributed by atoms with Crippen LogP contribution in [0, 0.1) is 0 Å². The molecule has 0 saturated carbocycles. The Morgan fingerprint density at radius 1 is 1.19 bits per heavy atom. The molecule has 4 nitrogen and oxygen atoms in total. The molecule has 3 rings (SSSR count). The first-order valence-electron chi connectivity index (χ1n) is 7.19. The van der Waals surface area contributed by atoms with Crippen molar-refractivity contribution in [2.45, 2.75) is 32.5 Å². The van der Waals surface area contributed by atoms with E-state index in [1.807, 2.05) is 38.1 Å². The van der Waals surface area contributed by atoms with Crippen LogP contribution in [0.1, 0.15) is 36.6 Å². The van der Waals surface area contributed by atoms with E-state index >= 15 is 0 Å². The molecule has 0 bridgehead atoms. The zero-order valence-electron chi connectivity index (χ0n) is 12.2. The Morgan fingerprint density at radius 2 is 2.05 bits per heavy atom. The van der Waals surface area contributed by atoms with Crippen LogP contribution in [0.25, 0.3) is 0 Å². The van der Waals surface area contributed by atoms with Crippen molar-refractivity contribution in [1.29, 1.82) is 0 Å². The molecule has 1 atom stereocenters. The fourth-order valence-corrected chi connectivity index (χ4v) is 2.49. The van der Waals surface area contributed by atoms with E-state index < -0.39 is 6.10 Å². The van der Waals surface area contributed by atoms with Gasteiger partial charge in [0.1, 0.15) is 17.6 Å². The number of nitrogens with zero attached hydrogens (tertiary/aromatic N) is 1. The molecule has 4 heteroatoms. The van der Waals surface area contributed by atoms with E-state index in [1.54, 1.807) is 12.4 Å². The average molecular weight is 285 g/mol. The second kappa shape index (κ2) is 5.74. The first-order valence-corrected chi connectivity index (χ1v) is 7.19. The van der Waals surface area contributed by atoms with Gasteiger partial charge in [-0.15, -0.1) is 0 Å². The van der Waals surface area contributed by atoms with E-state index in [2.05, 4.69) is 4.98 Å². The summed E-state index contributed by atoms with van der Waals surface area (Å²) in [5.74, 6) is 1.59. The molecule has 1 aliphatic rings. The Morgan fingerprint density at radius 3 is 2.86 bits per heavy atom. The number of rotatable bonds is 4. The summed E-state index contributed by atoms with van der Waals surface area (Å²) in [6, 6.07) is 7.65. The molecule has 1 aromatic carbocycles. The number of aromatic nitrogens is 1. The van der Waals surface area contributed by atoms with Gasteiger partial charge in [0.2, 0.25) is 0 Å². The number of pyridine rings is 1.